The Morgan fingerprint density at radius 1 is 1.41 bits per heavy atom. The smallest absolute Gasteiger partial charge is 0.0828 e. The Balaban J connectivity index is 1.84. The van der Waals surface area contributed by atoms with E-state index in [2.05, 4.69) is 17.5 Å². The predicted molar refractivity (Wildman–Crippen MR) is 70.4 cm³/mol. The van der Waals surface area contributed by atoms with Crippen molar-refractivity contribution >= 4 is 21.4 Å². The molecule has 2 aromatic rings. The molecule has 2 unspecified atom stereocenters. The number of ether oxygens (including phenoxy) is 1. The highest BCUT2D eigenvalue weighted by atomic mass is 32.1. The Morgan fingerprint density at radius 3 is 3.18 bits per heavy atom. The number of hydrogen-bond acceptors (Lipinski definition) is 3. The van der Waals surface area contributed by atoms with Gasteiger partial charge in [0.1, 0.15) is 0 Å². The normalized spacial score (nSPS) is 22.1. The van der Waals surface area contributed by atoms with E-state index in [1.807, 2.05) is 12.1 Å². The van der Waals surface area contributed by atoms with Gasteiger partial charge in [-0.15, -0.1) is 11.3 Å². The van der Waals surface area contributed by atoms with Crippen LogP contribution in [0, 0.1) is 0 Å². The van der Waals surface area contributed by atoms with E-state index in [0.29, 0.717) is 0 Å². The zero-order valence-corrected chi connectivity index (χ0v) is 10.5. The SMILES string of the molecule is OC(CC1CCCO1)c1cccc2ccsc12. The van der Waals surface area contributed by atoms with Gasteiger partial charge >= 0.3 is 0 Å². The van der Waals surface area contributed by atoms with Crippen molar-refractivity contribution in [2.24, 2.45) is 0 Å². The third-order valence-corrected chi connectivity index (χ3v) is 4.36. The van der Waals surface area contributed by atoms with Crippen LogP contribution < -0.4 is 0 Å². The standard InChI is InChI=1S/C14H16O2S/c15-13(9-11-4-2-7-16-11)12-5-1-3-10-6-8-17-14(10)12/h1,3,5-6,8,11,13,15H,2,4,7,9H2. The van der Waals surface area contributed by atoms with Gasteiger partial charge in [0.25, 0.3) is 0 Å². The Hall–Kier alpha value is -0.900. The van der Waals surface area contributed by atoms with Gasteiger partial charge < -0.3 is 9.84 Å². The summed E-state index contributed by atoms with van der Waals surface area (Å²) in [4.78, 5) is 0. The largest absolute Gasteiger partial charge is 0.388 e. The van der Waals surface area contributed by atoms with Crippen molar-refractivity contribution in [3.8, 4) is 0 Å². The molecule has 0 spiro atoms. The number of benzene rings is 1. The topological polar surface area (TPSA) is 29.5 Å². The lowest BCUT2D eigenvalue weighted by molar-refractivity contribution is 0.0541. The molecule has 3 rings (SSSR count). The van der Waals surface area contributed by atoms with Gasteiger partial charge in [-0.2, -0.15) is 0 Å². The highest BCUT2D eigenvalue weighted by Crippen LogP contribution is 2.32. The monoisotopic (exact) mass is 248 g/mol. The number of aliphatic hydroxyl groups excluding tert-OH is 1. The second kappa shape index (κ2) is 4.77. The maximum absolute atomic E-state index is 10.3. The first-order valence-electron chi connectivity index (χ1n) is 6.10. The van der Waals surface area contributed by atoms with Crippen molar-refractivity contribution in [2.45, 2.75) is 31.5 Å². The van der Waals surface area contributed by atoms with Gasteiger partial charge in [0.05, 0.1) is 12.2 Å². The molecular weight excluding hydrogens is 232 g/mol. The summed E-state index contributed by atoms with van der Waals surface area (Å²) >= 11 is 1.70. The number of fused-ring (bicyclic) bond motifs is 1. The van der Waals surface area contributed by atoms with Crippen LogP contribution >= 0.6 is 11.3 Å². The molecule has 0 bridgehead atoms. The van der Waals surface area contributed by atoms with Crippen LogP contribution in [0.4, 0.5) is 0 Å². The van der Waals surface area contributed by atoms with Crippen LogP contribution in [0.2, 0.25) is 0 Å². The number of rotatable bonds is 3. The molecule has 17 heavy (non-hydrogen) atoms. The fourth-order valence-corrected chi connectivity index (χ4v) is 3.45. The molecule has 1 fully saturated rings. The third kappa shape index (κ3) is 2.23. The quantitative estimate of drug-likeness (QED) is 0.900. The van der Waals surface area contributed by atoms with E-state index in [-0.39, 0.29) is 6.10 Å². The molecule has 0 saturated carbocycles. The van der Waals surface area contributed by atoms with Crippen molar-refractivity contribution in [1.29, 1.82) is 0 Å². The second-order valence-electron chi connectivity index (χ2n) is 4.57. The van der Waals surface area contributed by atoms with Crippen LogP contribution in [0.15, 0.2) is 29.6 Å². The maximum atomic E-state index is 10.3. The van der Waals surface area contributed by atoms with Crippen molar-refractivity contribution in [3.05, 3.63) is 35.2 Å². The molecule has 3 heteroatoms. The predicted octanol–water partition coefficient (Wildman–Crippen LogP) is 3.50. The van der Waals surface area contributed by atoms with Gasteiger partial charge in [-0.05, 0) is 35.2 Å². The van der Waals surface area contributed by atoms with Crippen molar-refractivity contribution in [3.63, 3.8) is 0 Å². The van der Waals surface area contributed by atoms with Crippen LogP contribution in [-0.2, 0) is 4.74 Å². The Kier molecular flexibility index (Phi) is 3.14. The summed E-state index contributed by atoms with van der Waals surface area (Å²) < 4.78 is 6.79. The van der Waals surface area contributed by atoms with E-state index < -0.39 is 6.10 Å². The summed E-state index contributed by atoms with van der Waals surface area (Å²) in [6, 6.07) is 8.23. The van der Waals surface area contributed by atoms with Crippen molar-refractivity contribution in [2.75, 3.05) is 6.61 Å². The summed E-state index contributed by atoms with van der Waals surface area (Å²) in [6.45, 7) is 0.848. The molecule has 2 nitrogen and oxygen atoms in total. The molecule has 1 aliphatic rings. The minimum absolute atomic E-state index is 0.236. The Labute approximate surface area is 105 Å². The Bertz CT molecular complexity index is 500. The molecule has 2 heterocycles. The summed E-state index contributed by atoms with van der Waals surface area (Å²) in [5, 5.41) is 13.6. The molecule has 0 radical (unpaired) electrons. The molecule has 90 valence electrons. The lowest BCUT2D eigenvalue weighted by Gasteiger charge is -2.16. The lowest BCUT2D eigenvalue weighted by Crippen LogP contribution is -2.11. The molecule has 0 aliphatic carbocycles. The third-order valence-electron chi connectivity index (χ3n) is 3.38. The summed E-state index contributed by atoms with van der Waals surface area (Å²) in [6.07, 6.45) is 2.76. The van der Waals surface area contributed by atoms with Gasteiger partial charge in [-0.3, -0.25) is 0 Å². The van der Waals surface area contributed by atoms with Gasteiger partial charge in [0.2, 0.25) is 0 Å². The Morgan fingerprint density at radius 2 is 2.35 bits per heavy atom. The van der Waals surface area contributed by atoms with Crippen LogP contribution in [-0.4, -0.2) is 17.8 Å². The molecule has 1 saturated heterocycles. The van der Waals surface area contributed by atoms with Gasteiger partial charge in [-0.1, -0.05) is 18.2 Å². The van der Waals surface area contributed by atoms with Crippen molar-refractivity contribution < 1.29 is 9.84 Å². The van der Waals surface area contributed by atoms with Crippen LogP contribution in [0.5, 0.6) is 0 Å². The summed E-state index contributed by atoms with van der Waals surface area (Å²) in [7, 11) is 0. The maximum Gasteiger partial charge on any atom is 0.0828 e. The fraction of sp³-hybridized carbons (Fsp3) is 0.429. The number of thiophene rings is 1. The second-order valence-corrected chi connectivity index (χ2v) is 5.49. The lowest BCUT2D eigenvalue weighted by atomic mass is 10.0. The van der Waals surface area contributed by atoms with Crippen LogP contribution in [0.3, 0.4) is 0 Å². The molecular formula is C14H16O2S. The molecule has 1 aliphatic heterocycles. The molecule has 1 N–H and O–H groups in total. The number of hydrogen-bond donors (Lipinski definition) is 1. The van der Waals surface area contributed by atoms with E-state index in [0.717, 1.165) is 31.4 Å². The molecule has 2 atom stereocenters. The first kappa shape index (κ1) is 11.2. The minimum Gasteiger partial charge on any atom is -0.388 e. The van der Waals surface area contributed by atoms with E-state index in [9.17, 15) is 5.11 Å². The summed E-state index contributed by atoms with van der Waals surface area (Å²) in [5.74, 6) is 0. The highest BCUT2D eigenvalue weighted by molar-refractivity contribution is 7.17. The van der Waals surface area contributed by atoms with E-state index >= 15 is 0 Å². The average Bonchev–Trinajstić information content (AvgIpc) is 2.97. The van der Waals surface area contributed by atoms with E-state index in [1.54, 1.807) is 11.3 Å². The van der Waals surface area contributed by atoms with E-state index in [1.165, 1.54) is 10.1 Å². The average molecular weight is 248 g/mol. The summed E-state index contributed by atoms with van der Waals surface area (Å²) in [5.41, 5.74) is 1.05. The highest BCUT2D eigenvalue weighted by Gasteiger charge is 2.21. The van der Waals surface area contributed by atoms with Crippen LogP contribution in [0.1, 0.15) is 30.9 Å². The first-order valence-corrected chi connectivity index (χ1v) is 6.98. The van der Waals surface area contributed by atoms with Crippen molar-refractivity contribution in [1.82, 2.24) is 0 Å². The molecule has 1 aromatic carbocycles. The van der Waals surface area contributed by atoms with Gasteiger partial charge in [0, 0.05) is 17.7 Å². The van der Waals surface area contributed by atoms with E-state index in [4.69, 9.17) is 4.74 Å². The number of aliphatic hydroxyl groups is 1. The zero-order valence-electron chi connectivity index (χ0n) is 9.63. The van der Waals surface area contributed by atoms with Crippen LogP contribution in [0.25, 0.3) is 10.1 Å². The molecule has 0 amide bonds. The van der Waals surface area contributed by atoms with Gasteiger partial charge in [0.15, 0.2) is 0 Å². The zero-order chi connectivity index (χ0) is 11.7. The fourth-order valence-electron chi connectivity index (χ4n) is 2.48. The first-order chi connectivity index (χ1) is 8.34. The molecule has 1 aromatic heterocycles. The van der Waals surface area contributed by atoms with Gasteiger partial charge in [-0.25, -0.2) is 0 Å². The minimum atomic E-state index is -0.402.